The molecule has 8 atom stereocenters. The maximum Gasteiger partial charge on any atom is 0.309 e. The van der Waals surface area contributed by atoms with Crippen molar-refractivity contribution in [3.05, 3.63) is 108 Å². The Balaban J connectivity index is 1.31. The Bertz CT molecular complexity index is 1400. The van der Waals surface area contributed by atoms with Gasteiger partial charge < -0.3 is 19.7 Å². The number of hydrogen-bond donors (Lipinski definition) is 2. The van der Waals surface area contributed by atoms with Crippen LogP contribution in [-0.4, -0.2) is 41.1 Å². The molecule has 244 valence electrons. The molecule has 7 rings (SSSR count). The summed E-state index contributed by atoms with van der Waals surface area (Å²) in [5.41, 5.74) is 0.672. The second-order valence-electron chi connectivity index (χ2n) is 15.0. The highest BCUT2D eigenvalue weighted by atomic mass is 16.5. The third kappa shape index (κ3) is 4.88. The molecular formula is C41H50O5. The Labute approximate surface area is 274 Å². The van der Waals surface area contributed by atoms with Crippen LogP contribution in [-0.2, 0) is 19.9 Å². The summed E-state index contributed by atoms with van der Waals surface area (Å²) in [6.45, 7) is 5.04. The van der Waals surface area contributed by atoms with Crippen molar-refractivity contribution in [2.24, 2.45) is 34.5 Å². The number of aliphatic hydroxyl groups excluding tert-OH is 1. The smallest absolute Gasteiger partial charge is 0.309 e. The highest BCUT2D eigenvalue weighted by molar-refractivity contribution is 5.74. The first-order valence-electron chi connectivity index (χ1n) is 17.6. The van der Waals surface area contributed by atoms with E-state index in [-0.39, 0.29) is 23.2 Å². The summed E-state index contributed by atoms with van der Waals surface area (Å²) in [7, 11) is 0. The van der Waals surface area contributed by atoms with Crippen molar-refractivity contribution in [1.82, 2.24) is 0 Å². The van der Waals surface area contributed by atoms with Crippen LogP contribution in [0.5, 0.6) is 0 Å². The standard InChI is InChI=1S/C41H50O5/c1-3-45-37(43)36-20-19-34-33-22-26-40(44)27-32(42)21-25-39(40,35(33)23-24-38(34,36)2)28-46-41(29-13-7-4-8-14-29,30-15-9-5-10-16-30)31-17-11-6-12-18-31/h4-18,32-36,42,44H,3,19-28H2,1-2H3/t32-,33-,34-,35-,36+,38-,39+,40-/m1/s1. The summed E-state index contributed by atoms with van der Waals surface area (Å²) in [5.74, 6) is 0.975. The molecule has 4 saturated carbocycles. The third-order valence-corrected chi connectivity index (χ3v) is 13.1. The van der Waals surface area contributed by atoms with Gasteiger partial charge in [-0.1, -0.05) is 97.9 Å². The summed E-state index contributed by atoms with van der Waals surface area (Å²) in [4.78, 5) is 13.2. The van der Waals surface area contributed by atoms with Crippen LogP contribution in [0.3, 0.4) is 0 Å². The Morgan fingerprint density at radius 2 is 1.37 bits per heavy atom. The van der Waals surface area contributed by atoms with Gasteiger partial charge in [-0.15, -0.1) is 0 Å². The molecule has 0 unspecified atom stereocenters. The fourth-order valence-electron chi connectivity index (χ4n) is 11.0. The Morgan fingerprint density at radius 3 is 1.93 bits per heavy atom. The number of ether oxygens (including phenoxy) is 2. The monoisotopic (exact) mass is 622 g/mol. The van der Waals surface area contributed by atoms with Crippen molar-refractivity contribution in [2.45, 2.75) is 88.9 Å². The molecular weight excluding hydrogens is 572 g/mol. The summed E-state index contributed by atoms with van der Waals surface area (Å²) < 4.78 is 13.1. The van der Waals surface area contributed by atoms with Crippen molar-refractivity contribution in [2.75, 3.05) is 13.2 Å². The highest BCUT2D eigenvalue weighted by Crippen LogP contribution is 2.69. The zero-order valence-electron chi connectivity index (χ0n) is 27.4. The van der Waals surface area contributed by atoms with Crippen molar-refractivity contribution < 1.29 is 24.5 Å². The van der Waals surface area contributed by atoms with Gasteiger partial charge in [0.15, 0.2) is 0 Å². The second-order valence-corrected chi connectivity index (χ2v) is 15.0. The normalized spacial score (nSPS) is 35.4. The van der Waals surface area contributed by atoms with Crippen molar-refractivity contribution >= 4 is 5.97 Å². The molecule has 3 aromatic rings. The van der Waals surface area contributed by atoms with Gasteiger partial charge in [0.25, 0.3) is 0 Å². The predicted octanol–water partition coefficient (Wildman–Crippen LogP) is 7.67. The minimum atomic E-state index is -1.02. The molecule has 0 aromatic heterocycles. The van der Waals surface area contributed by atoms with Crippen LogP contribution < -0.4 is 0 Å². The van der Waals surface area contributed by atoms with E-state index in [1.54, 1.807) is 0 Å². The Morgan fingerprint density at radius 1 is 0.783 bits per heavy atom. The number of carbonyl (C=O) groups is 1. The van der Waals surface area contributed by atoms with E-state index in [0.29, 0.717) is 44.3 Å². The Kier molecular flexibility index (Phi) is 8.40. The first kappa shape index (κ1) is 31.6. The van der Waals surface area contributed by atoms with Crippen molar-refractivity contribution in [3.8, 4) is 0 Å². The second kappa shape index (κ2) is 12.2. The van der Waals surface area contributed by atoms with Crippen LogP contribution >= 0.6 is 0 Å². The maximum absolute atomic E-state index is 13.2. The van der Waals surface area contributed by atoms with E-state index < -0.39 is 22.7 Å². The molecule has 4 fully saturated rings. The van der Waals surface area contributed by atoms with E-state index in [0.717, 1.165) is 55.2 Å². The number of esters is 1. The van der Waals surface area contributed by atoms with E-state index in [4.69, 9.17) is 9.47 Å². The van der Waals surface area contributed by atoms with E-state index in [9.17, 15) is 15.0 Å². The van der Waals surface area contributed by atoms with Gasteiger partial charge in [0.1, 0.15) is 5.60 Å². The SMILES string of the molecule is CCOC(=O)[C@@H]1CC[C@@H]2[C@H]3CC[C@@]4(O)C[C@H](O)CC[C@]4(COC(c4ccccc4)(c4ccccc4)c4ccccc4)[C@@H]3CC[C@]21C. The molecule has 4 aliphatic rings. The molecule has 0 bridgehead atoms. The van der Waals surface area contributed by atoms with Crippen LogP contribution in [0.4, 0.5) is 0 Å². The lowest BCUT2D eigenvalue weighted by molar-refractivity contribution is -0.253. The molecule has 5 heteroatoms. The fraction of sp³-hybridized carbons (Fsp3) is 0.537. The summed E-state index contributed by atoms with van der Waals surface area (Å²) >= 11 is 0. The molecule has 5 nitrogen and oxygen atoms in total. The molecule has 0 spiro atoms. The van der Waals surface area contributed by atoms with Crippen LogP contribution in [0.15, 0.2) is 91.0 Å². The Hall–Kier alpha value is -2.99. The lowest BCUT2D eigenvalue weighted by Gasteiger charge is -2.65. The quantitative estimate of drug-likeness (QED) is 0.199. The summed E-state index contributed by atoms with van der Waals surface area (Å²) in [6, 6.07) is 31.5. The zero-order valence-corrected chi connectivity index (χ0v) is 27.4. The molecule has 4 aliphatic carbocycles. The molecule has 0 saturated heterocycles. The molecule has 0 radical (unpaired) electrons. The first-order valence-corrected chi connectivity index (χ1v) is 17.6. The van der Waals surface area contributed by atoms with Gasteiger partial charge in [-0.2, -0.15) is 0 Å². The molecule has 3 aromatic carbocycles. The van der Waals surface area contributed by atoms with E-state index in [1.165, 1.54) is 0 Å². The minimum absolute atomic E-state index is 0.0320. The van der Waals surface area contributed by atoms with Gasteiger partial charge in [0, 0.05) is 11.8 Å². The van der Waals surface area contributed by atoms with E-state index in [2.05, 4.69) is 79.7 Å². The minimum Gasteiger partial charge on any atom is -0.466 e. The zero-order chi connectivity index (χ0) is 32.0. The van der Waals surface area contributed by atoms with Crippen LogP contribution in [0.2, 0.25) is 0 Å². The van der Waals surface area contributed by atoms with Gasteiger partial charge in [-0.05, 0) is 98.1 Å². The molecule has 0 amide bonds. The highest BCUT2D eigenvalue weighted by Gasteiger charge is 2.67. The number of carbonyl (C=O) groups excluding carboxylic acids is 1. The predicted molar refractivity (Wildman–Crippen MR) is 179 cm³/mol. The van der Waals surface area contributed by atoms with Gasteiger partial charge in [-0.25, -0.2) is 0 Å². The van der Waals surface area contributed by atoms with Crippen LogP contribution in [0.25, 0.3) is 0 Å². The third-order valence-electron chi connectivity index (χ3n) is 13.1. The van der Waals surface area contributed by atoms with E-state index in [1.807, 2.05) is 25.1 Å². The fourth-order valence-corrected chi connectivity index (χ4v) is 11.0. The number of aliphatic hydroxyl groups is 2. The molecule has 46 heavy (non-hydrogen) atoms. The maximum atomic E-state index is 13.2. The van der Waals surface area contributed by atoms with Crippen molar-refractivity contribution in [3.63, 3.8) is 0 Å². The van der Waals surface area contributed by atoms with Crippen LogP contribution in [0, 0.1) is 34.5 Å². The van der Waals surface area contributed by atoms with Crippen molar-refractivity contribution in [1.29, 1.82) is 0 Å². The number of hydrogen-bond acceptors (Lipinski definition) is 5. The van der Waals surface area contributed by atoms with E-state index >= 15 is 0 Å². The summed E-state index contributed by atoms with van der Waals surface area (Å²) in [5, 5.41) is 23.7. The van der Waals surface area contributed by atoms with Gasteiger partial charge in [0.2, 0.25) is 0 Å². The number of rotatable bonds is 8. The summed E-state index contributed by atoms with van der Waals surface area (Å²) in [6.07, 6.45) is 6.66. The lowest BCUT2D eigenvalue weighted by Crippen LogP contribution is -2.66. The molecule has 0 aliphatic heterocycles. The molecule has 2 N–H and O–H groups in total. The lowest BCUT2D eigenvalue weighted by atomic mass is 9.43. The molecule has 0 heterocycles. The number of fused-ring (bicyclic) bond motifs is 5. The van der Waals surface area contributed by atoms with Gasteiger partial charge in [0.05, 0.1) is 30.8 Å². The topological polar surface area (TPSA) is 76.0 Å². The number of benzene rings is 3. The van der Waals surface area contributed by atoms with Gasteiger partial charge >= 0.3 is 5.97 Å². The average molecular weight is 623 g/mol. The average Bonchev–Trinajstić information content (AvgIpc) is 3.44. The largest absolute Gasteiger partial charge is 0.466 e. The van der Waals surface area contributed by atoms with Crippen LogP contribution in [0.1, 0.15) is 88.3 Å². The van der Waals surface area contributed by atoms with Gasteiger partial charge in [-0.3, -0.25) is 4.79 Å². The first-order chi connectivity index (χ1) is 22.3.